The number of rotatable bonds is 6. The summed E-state index contributed by atoms with van der Waals surface area (Å²) >= 11 is 19.6. The van der Waals surface area contributed by atoms with Crippen molar-refractivity contribution in [1.29, 1.82) is 0 Å². The van der Waals surface area contributed by atoms with Gasteiger partial charge in [-0.25, -0.2) is 4.98 Å². The molecule has 0 radical (unpaired) electrons. The van der Waals surface area contributed by atoms with E-state index in [1.54, 1.807) is 41.8 Å². The summed E-state index contributed by atoms with van der Waals surface area (Å²) in [7, 11) is 0. The number of amides is 2. The first-order valence-corrected chi connectivity index (χ1v) is 12.9. The Morgan fingerprint density at radius 3 is 2.59 bits per heavy atom. The van der Waals surface area contributed by atoms with Gasteiger partial charge in [0, 0.05) is 28.0 Å². The SMILES string of the molecule is CCN1CCCC(NC(=O)c2csc(N(C(=O)c3ccc(Cl)cc3Cl)c3ccc(Cl)cc3)n2)C1. The molecule has 1 aromatic heterocycles. The van der Waals surface area contributed by atoms with Crippen molar-refractivity contribution >= 4 is 68.8 Å². The van der Waals surface area contributed by atoms with Gasteiger partial charge in [-0.1, -0.05) is 41.7 Å². The number of hydrogen-bond donors (Lipinski definition) is 1. The summed E-state index contributed by atoms with van der Waals surface area (Å²) in [6, 6.07) is 11.6. The molecule has 1 aliphatic rings. The zero-order valence-electron chi connectivity index (χ0n) is 18.4. The number of hydrogen-bond acceptors (Lipinski definition) is 5. The third-order valence-corrected chi connectivity index (χ3v) is 7.28. The van der Waals surface area contributed by atoms with Crippen molar-refractivity contribution in [3.8, 4) is 0 Å². The summed E-state index contributed by atoms with van der Waals surface area (Å²) in [4.78, 5) is 34.7. The van der Waals surface area contributed by atoms with Crippen molar-refractivity contribution < 1.29 is 9.59 Å². The van der Waals surface area contributed by atoms with Crippen molar-refractivity contribution in [3.63, 3.8) is 0 Å². The number of nitrogens with one attached hydrogen (secondary N) is 1. The molecule has 1 unspecified atom stereocenters. The van der Waals surface area contributed by atoms with Gasteiger partial charge in [0.15, 0.2) is 5.13 Å². The molecule has 0 saturated carbocycles. The standard InChI is InChI=1S/C24H23Cl3N4O2S/c1-2-30-11-3-4-17(13-30)28-22(32)21-14-34-24(29-21)31(18-8-5-15(25)6-9-18)23(33)19-10-7-16(26)12-20(19)27/h5-10,12,14,17H,2-4,11,13H2,1H3,(H,28,32). The number of aromatic nitrogens is 1. The van der Waals surface area contributed by atoms with Gasteiger partial charge >= 0.3 is 0 Å². The van der Waals surface area contributed by atoms with Crippen molar-refractivity contribution in [1.82, 2.24) is 15.2 Å². The van der Waals surface area contributed by atoms with Gasteiger partial charge in [-0.3, -0.25) is 14.5 Å². The van der Waals surface area contributed by atoms with Crippen molar-refractivity contribution in [2.75, 3.05) is 24.5 Å². The molecule has 0 spiro atoms. The minimum absolute atomic E-state index is 0.0771. The summed E-state index contributed by atoms with van der Waals surface area (Å²) in [5.74, 6) is -0.644. The number of anilines is 2. The van der Waals surface area contributed by atoms with E-state index >= 15 is 0 Å². The minimum Gasteiger partial charge on any atom is -0.347 e. The maximum Gasteiger partial charge on any atom is 0.271 e. The Hall–Kier alpha value is -2.16. The van der Waals surface area contributed by atoms with Crippen LogP contribution in [0.15, 0.2) is 47.8 Å². The molecule has 10 heteroatoms. The molecule has 6 nitrogen and oxygen atoms in total. The molecule has 1 fully saturated rings. The third kappa shape index (κ3) is 5.73. The fourth-order valence-corrected chi connectivity index (χ4v) is 5.32. The Balaban J connectivity index is 1.61. The summed E-state index contributed by atoms with van der Waals surface area (Å²) in [5.41, 5.74) is 1.08. The van der Waals surface area contributed by atoms with E-state index in [0.29, 0.717) is 20.9 Å². The number of likely N-dealkylation sites (tertiary alicyclic amines) is 1. The van der Waals surface area contributed by atoms with Crippen molar-refractivity contribution in [3.05, 3.63) is 74.2 Å². The Morgan fingerprint density at radius 1 is 1.15 bits per heavy atom. The van der Waals surface area contributed by atoms with Crippen LogP contribution >= 0.6 is 46.1 Å². The van der Waals surface area contributed by atoms with E-state index in [4.69, 9.17) is 34.8 Å². The smallest absolute Gasteiger partial charge is 0.271 e. The van der Waals surface area contributed by atoms with Crippen molar-refractivity contribution in [2.45, 2.75) is 25.8 Å². The zero-order chi connectivity index (χ0) is 24.2. The maximum atomic E-state index is 13.6. The molecule has 1 N–H and O–H groups in total. The predicted octanol–water partition coefficient (Wildman–Crippen LogP) is 6.30. The monoisotopic (exact) mass is 536 g/mol. The number of nitrogens with zero attached hydrogens (tertiary/aromatic N) is 3. The van der Waals surface area contributed by atoms with Crippen LogP contribution in [-0.2, 0) is 0 Å². The van der Waals surface area contributed by atoms with Crippen LogP contribution in [0.25, 0.3) is 0 Å². The molecular formula is C24H23Cl3N4O2S. The molecule has 4 rings (SSSR count). The number of carbonyl (C=O) groups is 2. The molecule has 178 valence electrons. The molecule has 1 saturated heterocycles. The van der Waals surface area contributed by atoms with Gasteiger partial charge in [0.05, 0.1) is 16.3 Å². The molecule has 34 heavy (non-hydrogen) atoms. The number of benzene rings is 2. The average Bonchev–Trinajstić information content (AvgIpc) is 3.30. The van der Waals surface area contributed by atoms with E-state index in [-0.39, 0.29) is 28.2 Å². The van der Waals surface area contributed by atoms with E-state index in [2.05, 4.69) is 22.1 Å². The molecule has 3 aromatic rings. The Kier molecular flexibility index (Phi) is 8.11. The lowest BCUT2D eigenvalue weighted by atomic mass is 10.1. The number of halogens is 3. The molecule has 1 atom stereocenters. The lowest BCUT2D eigenvalue weighted by Gasteiger charge is -2.32. The predicted molar refractivity (Wildman–Crippen MR) is 139 cm³/mol. The van der Waals surface area contributed by atoms with Crippen molar-refractivity contribution in [2.24, 2.45) is 0 Å². The van der Waals surface area contributed by atoms with Crippen LogP contribution in [0.4, 0.5) is 10.8 Å². The van der Waals surface area contributed by atoms with Gasteiger partial charge in [0.2, 0.25) is 0 Å². The first-order chi connectivity index (χ1) is 16.4. The lowest BCUT2D eigenvalue weighted by Crippen LogP contribution is -2.47. The van der Waals surface area contributed by atoms with Gasteiger partial charge in [0.25, 0.3) is 11.8 Å². The molecule has 0 bridgehead atoms. The van der Waals surface area contributed by atoms with Crippen LogP contribution in [0.1, 0.15) is 40.6 Å². The topological polar surface area (TPSA) is 65.5 Å². The van der Waals surface area contributed by atoms with Gasteiger partial charge in [-0.2, -0.15) is 0 Å². The molecule has 1 aliphatic heterocycles. The second-order valence-corrected chi connectivity index (χ2v) is 10.1. The summed E-state index contributed by atoms with van der Waals surface area (Å²) in [6.45, 7) is 4.95. The molecule has 2 heterocycles. The lowest BCUT2D eigenvalue weighted by molar-refractivity contribution is 0.0900. The highest BCUT2D eigenvalue weighted by molar-refractivity contribution is 7.14. The van der Waals surface area contributed by atoms with E-state index in [0.717, 1.165) is 32.5 Å². The first kappa shape index (κ1) is 24.9. The average molecular weight is 538 g/mol. The van der Waals surface area contributed by atoms with Gasteiger partial charge in [0.1, 0.15) is 5.69 Å². The highest BCUT2D eigenvalue weighted by atomic mass is 35.5. The maximum absolute atomic E-state index is 13.6. The van der Waals surface area contributed by atoms with Crippen LogP contribution in [0, 0.1) is 0 Å². The van der Waals surface area contributed by atoms with Crippen LogP contribution in [0.3, 0.4) is 0 Å². The second kappa shape index (κ2) is 11.1. The number of likely N-dealkylation sites (N-methyl/N-ethyl adjacent to an activating group) is 1. The summed E-state index contributed by atoms with van der Waals surface area (Å²) < 4.78 is 0. The summed E-state index contributed by atoms with van der Waals surface area (Å²) in [5, 5.41) is 6.28. The largest absolute Gasteiger partial charge is 0.347 e. The zero-order valence-corrected chi connectivity index (χ0v) is 21.5. The number of carbonyl (C=O) groups excluding carboxylic acids is 2. The van der Waals surface area contributed by atoms with E-state index in [1.165, 1.54) is 22.3 Å². The third-order valence-electron chi connectivity index (χ3n) is 5.65. The highest BCUT2D eigenvalue weighted by Crippen LogP contribution is 2.33. The highest BCUT2D eigenvalue weighted by Gasteiger charge is 2.27. The van der Waals surface area contributed by atoms with E-state index < -0.39 is 5.91 Å². The van der Waals surface area contributed by atoms with Crippen LogP contribution in [0.5, 0.6) is 0 Å². The minimum atomic E-state index is -0.392. The Bertz CT molecular complexity index is 1190. The van der Waals surface area contributed by atoms with Gasteiger partial charge < -0.3 is 10.2 Å². The Labute approximate surface area is 217 Å². The first-order valence-electron chi connectivity index (χ1n) is 10.9. The fraction of sp³-hybridized carbons (Fsp3) is 0.292. The number of piperidine rings is 1. The fourth-order valence-electron chi connectivity index (χ4n) is 3.88. The van der Waals surface area contributed by atoms with Gasteiger partial charge in [-0.15, -0.1) is 11.3 Å². The number of thiazole rings is 1. The van der Waals surface area contributed by atoms with E-state index in [9.17, 15) is 9.59 Å². The van der Waals surface area contributed by atoms with E-state index in [1.807, 2.05) is 0 Å². The van der Waals surface area contributed by atoms with Crippen LogP contribution in [0.2, 0.25) is 15.1 Å². The quantitative estimate of drug-likeness (QED) is 0.401. The molecule has 2 aromatic carbocycles. The van der Waals surface area contributed by atoms with Gasteiger partial charge in [-0.05, 0) is 68.4 Å². The van der Waals surface area contributed by atoms with Crippen LogP contribution < -0.4 is 10.2 Å². The summed E-state index contributed by atoms with van der Waals surface area (Å²) in [6.07, 6.45) is 1.98. The Morgan fingerprint density at radius 2 is 1.88 bits per heavy atom. The molecule has 0 aliphatic carbocycles. The molecular weight excluding hydrogens is 515 g/mol. The molecule has 2 amide bonds. The van der Waals surface area contributed by atoms with Crippen LogP contribution in [-0.4, -0.2) is 47.4 Å². The normalized spacial score (nSPS) is 16.3. The second-order valence-electron chi connectivity index (χ2n) is 7.96.